The van der Waals surface area contributed by atoms with Crippen molar-refractivity contribution in [1.29, 1.82) is 0 Å². The maximum absolute atomic E-state index is 12.1. The van der Waals surface area contributed by atoms with Crippen molar-refractivity contribution in [3.8, 4) is 0 Å². The lowest BCUT2D eigenvalue weighted by Crippen LogP contribution is -2.33. The topological polar surface area (TPSA) is 102 Å². The third-order valence-corrected chi connectivity index (χ3v) is 7.45. The first-order valence-corrected chi connectivity index (χ1v) is 12.8. The highest BCUT2D eigenvalue weighted by molar-refractivity contribution is 5.88. The molecule has 0 radical (unpaired) electrons. The number of aliphatic hydroxyl groups is 2. The van der Waals surface area contributed by atoms with Crippen LogP contribution in [0.2, 0.25) is 0 Å². The Morgan fingerprint density at radius 1 is 0.833 bits per heavy atom. The molecule has 0 atom stereocenters. The number of esters is 2. The second-order valence-corrected chi connectivity index (χ2v) is 9.85. The molecule has 0 saturated heterocycles. The van der Waals surface area contributed by atoms with Gasteiger partial charge in [-0.3, -0.25) is 0 Å². The lowest BCUT2D eigenvalue weighted by Gasteiger charge is -2.39. The van der Waals surface area contributed by atoms with E-state index in [-0.39, 0.29) is 48.7 Å². The molecule has 0 aromatic heterocycles. The van der Waals surface area contributed by atoms with E-state index in [2.05, 4.69) is 13.2 Å². The zero-order valence-electron chi connectivity index (χ0n) is 21.0. The minimum atomic E-state index is -1.66. The number of hydrogen-bond donors (Lipinski definition) is 2. The van der Waals surface area contributed by atoms with Gasteiger partial charge in [0.15, 0.2) is 0 Å². The van der Waals surface area contributed by atoms with Crippen LogP contribution in [0.25, 0.3) is 0 Å². The molecule has 9 heteroatoms. The van der Waals surface area contributed by atoms with Gasteiger partial charge in [0, 0.05) is 5.92 Å². The standard InChI is InChI=1S/C27H40F2O7/c1-18(14-30)26(32)35-16-23(17-36-27(33)19(2)15-31)22-7-5-20(6-8-22)21-9-11-24(12-10-21)34-13-3-4-25(28)29/h4,20-24,30-31H,1-3,5-17H2. The molecular formula is C27H40F2O7. The molecule has 2 aliphatic carbocycles. The van der Waals surface area contributed by atoms with Gasteiger partial charge in [-0.1, -0.05) is 13.2 Å². The summed E-state index contributed by atoms with van der Waals surface area (Å²) < 4.78 is 40.6. The zero-order valence-corrected chi connectivity index (χ0v) is 21.0. The van der Waals surface area contributed by atoms with Crippen LogP contribution in [-0.4, -0.2) is 61.3 Å². The highest BCUT2D eigenvalue weighted by Crippen LogP contribution is 2.42. The van der Waals surface area contributed by atoms with Gasteiger partial charge in [-0.05, 0) is 81.6 Å². The van der Waals surface area contributed by atoms with E-state index in [4.69, 9.17) is 24.4 Å². The molecule has 0 aromatic carbocycles. The molecule has 0 aromatic rings. The predicted molar refractivity (Wildman–Crippen MR) is 130 cm³/mol. The van der Waals surface area contributed by atoms with E-state index in [0.29, 0.717) is 18.4 Å². The Hall–Kier alpha value is -2.10. The van der Waals surface area contributed by atoms with Crippen molar-refractivity contribution < 1.29 is 42.8 Å². The Bertz CT molecular complexity index is 730. The Kier molecular flexibility index (Phi) is 13.3. The van der Waals surface area contributed by atoms with Gasteiger partial charge in [-0.2, -0.15) is 8.78 Å². The van der Waals surface area contributed by atoms with Crippen LogP contribution in [0.3, 0.4) is 0 Å². The highest BCUT2D eigenvalue weighted by Gasteiger charge is 2.34. The Morgan fingerprint density at radius 3 is 1.75 bits per heavy atom. The van der Waals surface area contributed by atoms with Gasteiger partial charge in [0.25, 0.3) is 6.08 Å². The maximum Gasteiger partial charge on any atom is 0.335 e. The van der Waals surface area contributed by atoms with E-state index in [1.807, 2.05) is 0 Å². The van der Waals surface area contributed by atoms with Gasteiger partial charge in [-0.15, -0.1) is 0 Å². The van der Waals surface area contributed by atoms with Crippen LogP contribution in [0.4, 0.5) is 8.78 Å². The van der Waals surface area contributed by atoms with E-state index in [9.17, 15) is 18.4 Å². The molecule has 2 aliphatic rings. The SMILES string of the molecule is C=C(CO)C(=O)OCC(COC(=O)C(=C)CO)C1CCC(C2CCC(OCCC=C(F)F)CC2)CC1. The first-order chi connectivity index (χ1) is 17.2. The molecule has 204 valence electrons. The van der Waals surface area contributed by atoms with E-state index >= 15 is 0 Å². The lowest BCUT2D eigenvalue weighted by atomic mass is 9.68. The summed E-state index contributed by atoms with van der Waals surface area (Å²) >= 11 is 0. The molecule has 2 N–H and O–H groups in total. The molecule has 0 bridgehead atoms. The maximum atomic E-state index is 12.1. The van der Waals surface area contributed by atoms with Crippen molar-refractivity contribution in [1.82, 2.24) is 0 Å². The van der Waals surface area contributed by atoms with Crippen LogP contribution in [-0.2, 0) is 23.8 Å². The Morgan fingerprint density at radius 2 is 1.31 bits per heavy atom. The van der Waals surface area contributed by atoms with Crippen molar-refractivity contribution in [3.63, 3.8) is 0 Å². The number of aliphatic hydroxyl groups excluding tert-OH is 2. The fourth-order valence-corrected chi connectivity index (χ4v) is 5.24. The van der Waals surface area contributed by atoms with Gasteiger partial charge in [0.1, 0.15) is 0 Å². The van der Waals surface area contributed by atoms with E-state index in [1.54, 1.807) is 0 Å². The Balaban J connectivity index is 1.82. The monoisotopic (exact) mass is 514 g/mol. The molecule has 36 heavy (non-hydrogen) atoms. The average Bonchev–Trinajstić information content (AvgIpc) is 2.90. The normalized spacial score (nSPS) is 24.1. The second-order valence-electron chi connectivity index (χ2n) is 9.85. The van der Waals surface area contributed by atoms with Gasteiger partial charge in [0.05, 0.1) is 50.3 Å². The molecule has 2 rings (SSSR count). The smallest absolute Gasteiger partial charge is 0.335 e. The van der Waals surface area contributed by atoms with Gasteiger partial charge >= 0.3 is 11.9 Å². The molecule has 2 fully saturated rings. The van der Waals surface area contributed by atoms with Crippen LogP contribution in [0.15, 0.2) is 36.5 Å². The molecule has 2 saturated carbocycles. The summed E-state index contributed by atoms with van der Waals surface area (Å²) in [6, 6.07) is 0. The van der Waals surface area contributed by atoms with Crippen LogP contribution in [0.1, 0.15) is 57.8 Å². The quantitative estimate of drug-likeness (QED) is 0.202. The van der Waals surface area contributed by atoms with Crippen LogP contribution < -0.4 is 0 Å². The lowest BCUT2D eigenvalue weighted by molar-refractivity contribution is -0.146. The molecule has 0 amide bonds. The van der Waals surface area contributed by atoms with E-state index < -0.39 is 31.2 Å². The minimum absolute atomic E-state index is 0.0336. The van der Waals surface area contributed by atoms with Gasteiger partial charge < -0.3 is 24.4 Å². The first kappa shape index (κ1) is 30.1. The van der Waals surface area contributed by atoms with Crippen molar-refractivity contribution >= 4 is 11.9 Å². The summed E-state index contributed by atoms with van der Waals surface area (Å²) in [6.07, 6.45) is 7.55. The number of hydrogen-bond acceptors (Lipinski definition) is 7. The minimum Gasteiger partial charge on any atom is -0.462 e. The molecule has 0 spiro atoms. The van der Waals surface area contributed by atoms with E-state index in [0.717, 1.165) is 57.4 Å². The Labute approximate surface area is 212 Å². The van der Waals surface area contributed by atoms with Crippen LogP contribution >= 0.6 is 0 Å². The molecule has 7 nitrogen and oxygen atoms in total. The molecule has 0 aliphatic heterocycles. The van der Waals surface area contributed by atoms with Gasteiger partial charge in [0.2, 0.25) is 0 Å². The predicted octanol–water partition coefficient (Wildman–Crippen LogP) is 4.34. The molecule has 0 heterocycles. The second kappa shape index (κ2) is 15.9. The fraction of sp³-hybridized carbons (Fsp3) is 0.704. The van der Waals surface area contributed by atoms with Crippen molar-refractivity contribution in [2.75, 3.05) is 33.0 Å². The number of rotatable bonds is 14. The molecule has 0 unspecified atom stereocenters. The third kappa shape index (κ3) is 10.1. The summed E-state index contributed by atoms with van der Waals surface area (Å²) in [5.74, 6) is -0.137. The van der Waals surface area contributed by atoms with Crippen LogP contribution in [0.5, 0.6) is 0 Å². The summed E-state index contributed by atoms with van der Waals surface area (Å²) in [5.41, 5.74) is -0.0672. The van der Waals surface area contributed by atoms with Gasteiger partial charge in [-0.25, -0.2) is 9.59 Å². The summed E-state index contributed by atoms with van der Waals surface area (Å²) in [4.78, 5) is 23.9. The molecular weight excluding hydrogens is 474 g/mol. The fourth-order valence-electron chi connectivity index (χ4n) is 5.24. The van der Waals surface area contributed by atoms with Crippen molar-refractivity contribution in [2.45, 2.75) is 63.9 Å². The van der Waals surface area contributed by atoms with Crippen molar-refractivity contribution in [3.05, 3.63) is 36.5 Å². The number of ether oxygens (including phenoxy) is 3. The van der Waals surface area contributed by atoms with Crippen molar-refractivity contribution in [2.24, 2.45) is 23.7 Å². The summed E-state index contributed by atoms with van der Waals surface area (Å²) in [7, 11) is 0. The number of halogens is 2. The number of carbonyl (C=O) groups is 2. The zero-order chi connectivity index (χ0) is 26.5. The van der Waals surface area contributed by atoms with Crippen LogP contribution in [0, 0.1) is 23.7 Å². The third-order valence-electron chi connectivity index (χ3n) is 7.45. The first-order valence-electron chi connectivity index (χ1n) is 12.8. The average molecular weight is 515 g/mol. The largest absolute Gasteiger partial charge is 0.462 e. The number of carbonyl (C=O) groups excluding carboxylic acids is 2. The van der Waals surface area contributed by atoms with E-state index in [1.165, 1.54) is 0 Å². The highest BCUT2D eigenvalue weighted by atomic mass is 19.3. The summed E-state index contributed by atoms with van der Waals surface area (Å²) in [6.45, 7) is 6.41. The summed E-state index contributed by atoms with van der Waals surface area (Å²) in [5, 5.41) is 18.2.